The zero-order valence-electron chi connectivity index (χ0n) is 63.7. The lowest BCUT2D eigenvalue weighted by atomic mass is 10.1. The summed E-state index contributed by atoms with van der Waals surface area (Å²) in [6, 6.07) is 20.8. The fraction of sp³-hybridized carbons (Fsp3) is 0.289. The number of alkyl halides is 3. The summed E-state index contributed by atoms with van der Waals surface area (Å²) in [5, 5.41) is 49.5. The van der Waals surface area contributed by atoms with E-state index in [1.165, 1.54) is 10.7 Å². The number of ether oxygens (including phenoxy) is 5. The Morgan fingerprint density at radius 2 is 0.896 bits per heavy atom. The lowest BCUT2D eigenvalue weighted by molar-refractivity contribution is -0.137. The minimum absolute atomic E-state index is 0.00116. The third kappa shape index (κ3) is 16.3. The number of pyridine rings is 2. The molecular formula is C76H80ClF3N26O9. The molecule has 2 aromatic carbocycles. The van der Waals surface area contributed by atoms with Gasteiger partial charge in [0.05, 0.1) is 65.8 Å². The van der Waals surface area contributed by atoms with Gasteiger partial charge < -0.3 is 86.0 Å². The molecule has 15 heterocycles. The number of nitrogens with one attached hydrogen (secondary N) is 10. The first-order valence-electron chi connectivity index (χ1n) is 36.7. The van der Waals surface area contributed by atoms with E-state index in [0.717, 1.165) is 81.4 Å². The highest BCUT2D eigenvalue weighted by Gasteiger charge is 2.35. The van der Waals surface area contributed by atoms with Crippen LogP contribution in [0.25, 0.3) is 67.2 Å². The quantitative estimate of drug-likeness (QED) is 0.0359. The van der Waals surface area contributed by atoms with Gasteiger partial charge in [-0.3, -0.25) is 19.2 Å². The van der Waals surface area contributed by atoms with Crippen molar-refractivity contribution in [1.82, 2.24) is 77.5 Å². The van der Waals surface area contributed by atoms with Gasteiger partial charge >= 0.3 is 6.18 Å². The van der Waals surface area contributed by atoms with Crippen molar-refractivity contribution in [3.8, 4) is 45.5 Å². The molecule has 1 saturated heterocycles. The largest absolute Gasteiger partial charge is 0.486 e. The molecule has 0 spiro atoms. The van der Waals surface area contributed by atoms with E-state index in [2.05, 4.69) is 110 Å². The van der Waals surface area contributed by atoms with E-state index < -0.39 is 11.7 Å². The molecule has 0 aliphatic carbocycles. The number of hydrogen-bond donors (Lipinski definition) is 10. The van der Waals surface area contributed by atoms with Crippen LogP contribution in [0, 0.1) is 0 Å². The maximum absolute atomic E-state index is 13.4. The first-order chi connectivity index (χ1) is 55.7. The Hall–Kier alpha value is -13.8. The topological polar surface area (TPSA) is 391 Å². The predicted octanol–water partition coefficient (Wildman–Crippen LogP) is 12.7. The molecule has 12 aromatic heterocycles. The van der Waals surface area contributed by atoms with Crippen molar-refractivity contribution in [3.05, 3.63) is 133 Å². The number of carbonyl (C=O) groups excluding carboxylic acids is 4. The molecule has 3 aliphatic rings. The summed E-state index contributed by atoms with van der Waals surface area (Å²) in [5.41, 5.74) is 9.24. The molecule has 1 unspecified atom stereocenters. The summed E-state index contributed by atoms with van der Waals surface area (Å²) < 4.78 is 78.6. The van der Waals surface area contributed by atoms with Crippen LogP contribution in [0.2, 0.25) is 5.02 Å². The number of amides is 4. The number of aromatic nitrogens is 16. The van der Waals surface area contributed by atoms with Gasteiger partial charge in [0.25, 0.3) is 0 Å². The van der Waals surface area contributed by atoms with E-state index in [4.69, 9.17) is 45.3 Å². The highest BCUT2D eigenvalue weighted by Crippen LogP contribution is 2.46. The van der Waals surface area contributed by atoms with E-state index in [9.17, 15) is 32.3 Å². The van der Waals surface area contributed by atoms with E-state index in [1.54, 1.807) is 90.5 Å². The second kappa shape index (κ2) is 33.7. The van der Waals surface area contributed by atoms with Gasteiger partial charge in [0.15, 0.2) is 45.6 Å². The van der Waals surface area contributed by atoms with Crippen LogP contribution in [0.3, 0.4) is 0 Å². The summed E-state index contributed by atoms with van der Waals surface area (Å²) in [6.45, 7) is 9.83. The lowest BCUT2D eigenvalue weighted by Crippen LogP contribution is -2.18. The summed E-state index contributed by atoms with van der Waals surface area (Å²) >= 11 is 6.21. The molecule has 596 valence electrons. The zero-order chi connectivity index (χ0) is 80.8. The second-order valence-corrected chi connectivity index (χ2v) is 26.5. The normalized spacial score (nSPS) is 13.5. The molecule has 39 heteroatoms. The first-order valence-corrected chi connectivity index (χ1v) is 37.1. The summed E-state index contributed by atoms with van der Waals surface area (Å²) in [6.07, 6.45) is 11.8. The molecule has 0 bridgehead atoms. The monoisotopic (exact) mass is 1590 g/mol. The third-order valence-electron chi connectivity index (χ3n) is 18.6. The van der Waals surface area contributed by atoms with Gasteiger partial charge in [-0.15, -0.1) is 0 Å². The van der Waals surface area contributed by atoms with Crippen LogP contribution in [0.5, 0.6) is 23.0 Å². The van der Waals surface area contributed by atoms with Crippen LogP contribution in [0.15, 0.2) is 122 Å². The van der Waals surface area contributed by atoms with Crippen molar-refractivity contribution in [2.75, 3.05) is 121 Å². The van der Waals surface area contributed by atoms with E-state index in [0.29, 0.717) is 124 Å². The molecule has 0 radical (unpaired) electrons. The molecule has 17 rings (SSSR count). The van der Waals surface area contributed by atoms with Gasteiger partial charge in [-0.2, -0.15) is 51.6 Å². The van der Waals surface area contributed by atoms with Crippen molar-refractivity contribution in [2.24, 2.45) is 7.05 Å². The van der Waals surface area contributed by atoms with Gasteiger partial charge in [0, 0.05) is 150 Å². The Kier molecular flexibility index (Phi) is 22.8. The van der Waals surface area contributed by atoms with Crippen LogP contribution in [-0.4, -0.2) is 169 Å². The van der Waals surface area contributed by atoms with Crippen LogP contribution in [0.4, 0.5) is 82.2 Å². The van der Waals surface area contributed by atoms with Crippen molar-refractivity contribution in [1.29, 1.82) is 0 Å². The van der Waals surface area contributed by atoms with Gasteiger partial charge in [0.2, 0.25) is 23.6 Å². The number of anilines is 12. The number of hydrogen-bond acceptors (Lipinski definition) is 25. The summed E-state index contributed by atoms with van der Waals surface area (Å²) in [4.78, 5) is 75.1. The van der Waals surface area contributed by atoms with Crippen molar-refractivity contribution < 1.29 is 56.0 Å². The number of nitrogens with zero attached hydrogens (tertiary/aromatic N) is 16. The van der Waals surface area contributed by atoms with Crippen molar-refractivity contribution in [2.45, 2.75) is 72.0 Å². The Balaban J connectivity index is 0.000000127. The van der Waals surface area contributed by atoms with Crippen LogP contribution in [0.1, 0.15) is 71.4 Å². The molecule has 3 aliphatic heterocycles. The molecule has 1 fully saturated rings. The SMILES string of the molecule is CCC(=O)Nc1cnn2c(NC)cc(-c3cn(C)c4ncccc34)nc12.CCC(=O)Nc1cnn2c(NC)cc(-c3cn(C4CCOC4)c4ncccc34)nc12.CCC(=O)Nc1cnn2c(NC)cc(Nc3cc(C(F)(F)F)cc4c3OCCO4)nc12.CCC(=O)Nc1cnn2c(NC)cc(Nc3cc(Cl)cc4c3OCCO4)nc12. The minimum atomic E-state index is -4.57. The first kappa shape index (κ1) is 77.9. The van der Waals surface area contributed by atoms with Crippen LogP contribution >= 0.6 is 11.6 Å². The molecule has 115 heavy (non-hydrogen) atoms. The molecule has 35 nitrogen and oxygen atoms in total. The van der Waals surface area contributed by atoms with Crippen LogP contribution < -0.4 is 72.1 Å². The van der Waals surface area contributed by atoms with Crippen molar-refractivity contribution >= 4 is 149 Å². The number of rotatable bonds is 19. The fourth-order valence-electron chi connectivity index (χ4n) is 12.9. The highest BCUT2D eigenvalue weighted by atomic mass is 35.5. The molecule has 4 amide bonds. The standard InChI is InChI=1S/C21H23N7O2.C19H19F3N6O3.C18H19ClN6O3.C18H19N7O/c1-3-19(29)25-17-10-24-28-18(22-2)9-16(26-21(17)28)15-11-27(13-6-8-30-12-13)20-14(15)5-4-7-23-20;1-3-16(29)26-12-9-24-28-15(23-2)8-14(27-18(12)28)25-11-6-10(19(20,21)22)7-13-17(11)31-5-4-30-13;1-3-16(26)23-12-9-21-25-15(20-2)8-14(24-18(12)25)22-11-6-10(19)7-13-17(11)28-5-4-27-13;1-4-16(26)22-14-9-21-25-15(19-2)8-13(23-18(14)25)12-10-24(3)17-11(12)6-5-7-20-17/h4-5,7,9-11,13,22H,3,6,8,12H2,1-2H3,(H,25,29);6-9,23H,3-5H2,1-2H3,(H,25,27)(H,26,29);6-9,20H,3-5H2,1-2H3,(H,22,24)(H,23,26);5-10,19H,4H2,1-3H3,(H,22,26). The van der Waals surface area contributed by atoms with Gasteiger partial charge in [-0.1, -0.05) is 39.3 Å². The van der Waals surface area contributed by atoms with E-state index in [1.807, 2.05) is 82.3 Å². The van der Waals surface area contributed by atoms with Gasteiger partial charge in [0.1, 0.15) is 95.4 Å². The smallest absolute Gasteiger partial charge is 0.416 e. The van der Waals surface area contributed by atoms with Crippen molar-refractivity contribution in [3.63, 3.8) is 0 Å². The molecule has 14 aromatic rings. The minimum Gasteiger partial charge on any atom is -0.486 e. The van der Waals surface area contributed by atoms with E-state index >= 15 is 0 Å². The summed E-state index contributed by atoms with van der Waals surface area (Å²) in [5.74, 6) is 4.34. The number of benzene rings is 2. The Bertz CT molecular complexity index is 6010. The number of carbonyl (C=O) groups is 4. The molecule has 10 N–H and O–H groups in total. The van der Waals surface area contributed by atoms with Gasteiger partial charge in [-0.05, 0) is 48.9 Å². The zero-order valence-corrected chi connectivity index (χ0v) is 64.5. The molecule has 1 atom stereocenters. The lowest BCUT2D eigenvalue weighted by Gasteiger charge is -2.23. The fourth-order valence-corrected chi connectivity index (χ4v) is 13.1. The second-order valence-electron chi connectivity index (χ2n) is 26.0. The molecular weight excluding hydrogens is 1510 g/mol. The predicted molar refractivity (Wildman–Crippen MR) is 430 cm³/mol. The van der Waals surface area contributed by atoms with E-state index in [-0.39, 0.29) is 72.3 Å². The Morgan fingerprint density at radius 1 is 0.487 bits per heavy atom. The number of fused-ring (bicyclic) bond motifs is 8. The average molecular weight is 1590 g/mol. The maximum atomic E-state index is 13.4. The highest BCUT2D eigenvalue weighted by molar-refractivity contribution is 6.31. The van der Waals surface area contributed by atoms with Crippen LogP contribution in [-0.2, 0) is 37.1 Å². The number of halogens is 4. The maximum Gasteiger partial charge on any atom is 0.416 e. The average Bonchev–Trinajstić information content (AvgIpc) is 1.65. The molecule has 0 saturated carbocycles. The number of aryl methyl sites for hydroxylation is 1. The Morgan fingerprint density at radius 3 is 1.33 bits per heavy atom. The van der Waals surface area contributed by atoms with Gasteiger partial charge in [-0.25, -0.2) is 29.9 Å². The summed E-state index contributed by atoms with van der Waals surface area (Å²) in [7, 11) is 9.07. The Labute approximate surface area is 658 Å². The third-order valence-corrected chi connectivity index (χ3v) is 18.8.